The molecule has 1 fully saturated rings. The number of aromatic nitrogens is 5. The lowest BCUT2D eigenvalue weighted by Gasteiger charge is -2.24. The van der Waals surface area contributed by atoms with Crippen LogP contribution in [0.4, 0.5) is 15.9 Å². The van der Waals surface area contributed by atoms with Crippen LogP contribution in [0.25, 0.3) is 10.6 Å². The fraction of sp³-hybridized carbons (Fsp3) is 0.455. The van der Waals surface area contributed by atoms with E-state index in [2.05, 4.69) is 30.2 Å². The highest BCUT2D eigenvalue weighted by Gasteiger charge is 2.21. The molecular weight excluding hydrogens is 442 g/mol. The van der Waals surface area contributed by atoms with Crippen molar-refractivity contribution in [1.82, 2.24) is 29.8 Å². The number of hydrogen-bond donors (Lipinski definition) is 1. The van der Waals surface area contributed by atoms with Gasteiger partial charge in [0, 0.05) is 37.4 Å². The molecular formula is C22H27N7O3S. The highest BCUT2D eigenvalue weighted by molar-refractivity contribution is 7.18. The molecule has 11 heteroatoms. The summed E-state index contributed by atoms with van der Waals surface area (Å²) in [5, 5.41) is 3.74. The molecule has 0 atom stereocenters. The first-order chi connectivity index (χ1) is 15.7. The summed E-state index contributed by atoms with van der Waals surface area (Å²) in [5.41, 5.74) is 0.999. The Morgan fingerprint density at radius 3 is 2.61 bits per heavy atom. The van der Waals surface area contributed by atoms with E-state index in [4.69, 9.17) is 9.47 Å². The van der Waals surface area contributed by atoms with E-state index in [1.54, 1.807) is 31.8 Å². The number of nitrogens with zero attached hydrogens (tertiary/aromatic N) is 6. The Morgan fingerprint density at radius 1 is 1.18 bits per heavy atom. The van der Waals surface area contributed by atoms with Gasteiger partial charge in [-0.2, -0.15) is 4.98 Å². The molecule has 0 aromatic carbocycles. The summed E-state index contributed by atoms with van der Waals surface area (Å²) < 4.78 is 11.1. The first-order valence-corrected chi connectivity index (χ1v) is 11.5. The Morgan fingerprint density at radius 2 is 1.94 bits per heavy atom. The maximum atomic E-state index is 12.1. The third-order valence-electron chi connectivity index (χ3n) is 4.76. The van der Waals surface area contributed by atoms with E-state index in [9.17, 15) is 4.79 Å². The van der Waals surface area contributed by atoms with Crippen molar-refractivity contribution in [3.63, 3.8) is 0 Å². The van der Waals surface area contributed by atoms with Gasteiger partial charge in [0.25, 0.3) is 0 Å². The second-order valence-electron chi connectivity index (χ2n) is 8.80. The largest absolute Gasteiger partial charge is 0.460 e. The molecule has 33 heavy (non-hydrogen) atoms. The molecule has 0 aliphatic heterocycles. The van der Waals surface area contributed by atoms with Gasteiger partial charge >= 0.3 is 12.1 Å². The molecule has 174 valence electrons. The van der Waals surface area contributed by atoms with Crippen molar-refractivity contribution in [3.8, 4) is 16.6 Å². The van der Waals surface area contributed by atoms with Crippen LogP contribution in [-0.2, 0) is 11.3 Å². The Labute approximate surface area is 196 Å². The lowest BCUT2D eigenvalue weighted by Crippen LogP contribution is -2.33. The summed E-state index contributed by atoms with van der Waals surface area (Å²) in [4.78, 5) is 36.2. The second kappa shape index (κ2) is 9.65. The van der Waals surface area contributed by atoms with Crippen LogP contribution >= 0.6 is 11.3 Å². The van der Waals surface area contributed by atoms with Crippen LogP contribution in [0.2, 0.25) is 0 Å². The zero-order valence-electron chi connectivity index (χ0n) is 19.1. The van der Waals surface area contributed by atoms with Gasteiger partial charge in [0.1, 0.15) is 11.7 Å². The van der Waals surface area contributed by atoms with Crippen molar-refractivity contribution < 1.29 is 14.3 Å². The predicted octanol–water partition coefficient (Wildman–Crippen LogP) is 4.43. The zero-order valence-corrected chi connectivity index (χ0v) is 19.9. The number of hydrogen-bond acceptors (Lipinski definition) is 10. The molecule has 3 aromatic rings. The Hall–Kier alpha value is -3.34. The Balaban J connectivity index is 1.35. The zero-order chi connectivity index (χ0) is 23.4. The van der Waals surface area contributed by atoms with Crippen molar-refractivity contribution in [2.75, 3.05) is 12.4 Å². The van der Waals surface area contributed by atoms with Gasteiger partial charge in [0.05, 0.1) is 17.1 Å². The molecule has 3 aromatic heterocycles. The van der Waals surface area contributed by atoms with Crippen molar-refractivity contribution in [3.05, 3.63) is 36.4 Å². The molecule has 0 radical (unpaired) electrons. The van der Waals surface area contributed by atoms with Gasteiger partial charge in [0.2, 0.25) is 5.95 Å². The molecule has 3 heterocycles. The van der Waals surface area contributed by atoms with Gasteiger partial charge in [-0.1, -0.05) is 11.3 Å². The Bertz CT molecular complexity index is 1090. The molecule has 0 bridgehead atoms. The molecule has 1 aliphatic rings. The summed E-state index contributed by atoms with van der Waals surface area (Å²) in [6, 6.07) is 2.23. The minimum absolute atomic E-state index is 0.225. The van der Waals surface area contributed by atoms with Crippen LogP contribution in [0.1, 0.15) is 45.6 Å². The van der Waals surface area contributed by atoms with E-state index >= 15 is 0 Å². The quantitative estimate of drug-likeness (QED) is 0.536. The van der Waals surface area contributed by atoms with E-state index in [0.717, 1.165) is 29.0 Å². The number of ether oxygens (including phenoxy) is 2. The highest BCUT2D eigenvalue weighted by atomic mass is 32.1. The van der Waals surface area contributed by atoms with E-state index in [0.29, 0.717) is 23.6 Å². The van der Waals surface area contributed by atoms with Crippen LogP contribution in [0, 0.1) is 0 Å². The number of carbonyl (C=O) groups is 1. The topological polar surface area (TPSA) is 115 Å². The molecule has 0 unspecified atom stereocenters. The van der Waals surface area contributed by atoms with Gasteiger partial charge in [-0.25, -0.2) is 24.7 Å². The van der Waals surface area contributed by atoms with Crippen molar-refractivity contribution in [2.45, 2.75) is 58.3 Å². The first-order valence-electron chi connectivity index (χ1n) is 10.7. The minimum atomic E-state index is -0.543. The third-order valence-corrected chi connectivity index (χ3v) is 5.70. The van der Waals surface area contributed by atoms with Crippen LogP contribution in [0.3, 0.4) is 0 Å². The number of thiazole rings is 1. The number of anilines is 2. The SMILES string of the molecule is CN(Cc1cnc(Nc2ncc(-c3ccnc(OC4CCC4)n3)s2)nc1)C(=O)OC(C)(C)C. The van der Waals surface area contributed by atoms with E-state index in [-0.39, 0.29) is 6.10 Å². The lowest BCUT2D eigenvalue weighted by atomic mass is 9.96. The number of carbonyl (C=O) groups excluding carboxylic acids is 1. The average Bonchev–Trinajstić information content (AvgIpc) is 3.20. The molecule has 0 spiro atoms. The average molecular weight is 470 g/mol. The monoisotopic (exact) mass is 469 g/mol. The molecule has 4 rings (SSSR count). The van der Waals surface area contributed by atoms with E-state index < -0.39 is 11.7 Å². The van der Waals surface area contributed by atoms with Crippen molar-refractivity contribution in [2.24, 2.45) is 0 Å². The van der Waals surface area contributed by atoms with Gasteiger partial charge in [0.15, 0.2) is 5.13 Å². The molecule has 10 nitrogen and oxygen atoms in total. The maximum absolute atomic E-state index is 12.1. The first kappa shape index (κ1) is 22.8. The van der Waals surface area contributed by atoms with E-state index in [1.165, 1.54) is 22.7 Å². The summed E-state index contributed by atoms with van der Waals surface area (Å²) >= 11 is 1.43. The van der Waals surface area contributed by atoms with E-state index in [1.807, 2.05) is 26.8 Å². The fourth-order valence-corrected chi connectivity index (χ4v) is 3.68. The summed E-state index contributed by atoms with van der Waals surface area (Å²) in [5.74, 6) is 0.413. The smallest absolute Gasteiger partial charge is 0.410 e. The molecule has 0 saturated heterocycles. The third kappa shape index (κ3) is 6.35. The van der Waals surface area contributed by atoms with Crippen molar-refractivity contribution in [1.29, 1.82) is 0 Å². The van der Waals surface area contributed by atoms with Gasteiger partial charge in [-0.3, -0.25) is 0 Å². The van der Waals surface area contributed by atoms with Crippen LogP contribution in [0.5, 0.6) is 6.01 Å². The summed E-state index contributed by atoms with van der Waals surface area (Å²) in [6.07, 6.45) is 9.90. The van der Waals surface area contributed by atoms with Crippen LogP contribution in [0.15, 0.2) is 30.9 Å². The standard InChI is InChI=1S/C22H27N7O3S/c1-22(2,3)32-21(30)29(4)13-14-10-24-18(25-11-14)28-20-26-12-17(33-20)16-8-9-23-19(27-16)31-15-6-5-7-15/h8-12,15H,5-7,13H2,1-4H3,(H,24,25,26,28). The number of amides is 1. The van der Waals surface area contributed by atoms with Crippen LogP contribution in [-0.4, -0.2) is 54.7 Å². The summed E-state index contributed by atoms with van der Waals surface area (Å²) in [7, 11) is 1.67. The highest BCUT2D eigenvalue weighted by Crippen LogP contribution is 2.30. The van der Waals surface area contributed by atoms with Gasteiger partial charge in [-0.05, 0) is 46.1 Å². The van der Waals surface area contributed by atoms with Gasteiger partial charge in [-0.15, -0.1) is 0 Å². The molecule has 1 amide bonds. The second-order valence-corrected chi connectivity index (χ2v) is 9.83. The lowest BCUT2D eigenvalue weighted by molar-refractivity contribution is 0.0285. The fourth-order valence-electron chi connectivity index (χ4n) is 2.90. The summed E-state index contributed by atoms with van der Waals surface area (Å²) in [6.45, 7) is 5.84. The number of rotatable bonds is 7. The normalized spacial score (nSPS) is 13.8. The Kier molecular flexibility index (Phi) is 6.68. The molecule has 1 N–H and O–H groups in total. The molecule has 1 aliphatic carbocycles. The predicted molar refractivity (Wildman–Crippen MR) is 124 cm³/mol. The molecule has 1 saturated carbocycles. The number of nitrogens with one attached hydrogen (secondary N) is 1. The van der Waals surface area contributed by atoms with Crippen molar-refractivity contribution >= 4 is 28.5 Å². The van der Waals surface area contributed by atoms with Gasteiger partial charge < -0.3 is 19.7 Å². The maximum Gasteiger partial charge on any atom is 0.410 e. The van der Waals surface area contributed by atoms with Crippen LogP contribution < -0.4 is 10.1 Å². The minimum Gasteiger partial charge on any atom is -0.460 e.